The van der Waals surface area contributed by atoms with Gasteiger partial charge in [0.1, 0.15) is 5.69 Å². The molecule has 0 aliphatic rings. The van der Waals surface area contributed by atoms with Gasteiger partial charge in [0.05, 0.1) is 9.95 Å². The first-order valence-corrected chi connectivity index (χ1v) is 6.94. The number of nitro benzene ring substituents is 1. The van der Waals surface area contributed by atoms with E-state index in [0.29, 0.717) is 23.1 Å². The van der Waals surface area contributed by atoms with E-state index in [4.69, 9.17) is 11.6 Å². The Morgan fingerprint density at radius 2 is 2.24 bits per heavy atom. The molecular formula is C10H13ClN2O3S. The summed E-state index contributed by atoms with van der Waals surface area (Å²) in [6.45, 7) is 2.22. The third-order valence-corrected chi connectivity index (χ3v) is 3.76. The van der Waals surface area contributed by atoms with Gasteiger partial charge in [-0.2, -0.15) is 0 Å². The summed E-state index contributed by atoms with van der Waals surface area (Å²) in [4.78, 5) is 10.3. The largest absolute Gasteiger partial charge is 0.377 e. The molecule has 1 unspecified atom stereocenters. The molecule has 0 saturated heterocycles. The van der Waals surface area contributed by atoms with E-state index in [1.807, 2.05) is 6.92 Å². The van der Waals surface area contributed by atoms with Crippen LogP contribution in [0.5, 0.6) is 0 Å². The van der Waals surface area contributed by atoms with Crippen LogP contribution in [0.25, 0.3) is 0 Å². The van der Waals surface area contributed by atoms with Crippen molar-refractivity contribution in [3.63, 3.8) is 0 Å². The predicted molar refractivity (Wildman–Crippen MR) is 70.1 cm³/mol. The number of hydrogen-bond donors (Lipinski definition) is 1. The zero-order valence-corrected chi connectivity index (χ0v) is 10.9. The molecule has 0 aliphatic heterocycles. The summed E-state index contributed by atoms with van der Waals surface area (Å²) in [7, 11) is -0.900. The topological polar surface area (TPSA) is 72.2 Å². The molecule has 0 heterocycles. The number of hydrogen-bond acceptors (Lipinski definition) is 4. The smallest absolute Gasteiger partial charge is 0.293 e. The van der Waals surface area contributed by atoms with Gasteiger partial charge in [0.2, 0.25) is 0 Å². The second kappa shape index (κ2) is 6.56. The molecular weight excluding hydrogens is 264 g/mol. The molecule has 0 radical (unpaired) electrons. The molecule has 5 nitrogen and oxygen atoms in total. The molecule has 0 aromatic heterocycles. The minimum absolute atomic E-state index is 0.0696. The minimum atomic E-state index is -0.900. The highest BCUT2D eigenvalue weighted by molar-refractivity contribution is 7.84. The number of benzene rings is 1. The van der Waals surface area contributed by atoms with Crippen LogP contribution < -0.4 is 5.32 Å². The predicted octanol–water partition coefficient (Wildman–Crippen LogP) is 2.43. The van der Waals surface area contributed by atoms with Crippen molar-refractivity contribution < 1.29 is 9.13 Å². The molecule has 0 saturated carbocycles. The molecule has 17 heavy (non-hydrogen) atoms. The number of halogens is 1. The van der Waals surface area contributed by atoms with Crippen molar-refractivity contribution in [3.05, 3.63) is 33.3 Å². The first-order valence-electron chi connectivity index (χ1n) is 5.08. The van der Waals surface area contributed by atoms with Crippen LogP contribution >= 0.6 is 11.6 Å². The van der Waals surface area contributed by atoms with Gasteiger partial charge in [-0.25, -0.2) is 0 Å². The lowest BCUT2D eigenvalue weighted by Crippen LogP contribution is -2.13. The lowest BCUT2D eigenvalue weighted by molar-refractivity contribution is -0.383. The third-order valence-electron chi connectivity index (χ3n) is 2.14. The van der Waals surface area contributed by atoms with Gasteiger partial charge in [-0.3, -0.25) is 14.3 Å². The summed E-state index contributed by atoms with van der Waals surface area (Å²) in [5, 5.41) is 13.9. The van der Waals surface area contributed by atoms with Crippen LogP contribution in [0.3, 0.4) is 0 Å². The number of para-hydroxylation sites is 1. The van der Waals surface area contributed by atoms with Crippen LogP contribution in [-0.2, 0) is 10.8 Å². The fraction of sp³-hybridized carbons (Fsp3) is 0.400. The maximum Gasteiger partial charge on any atom is 0.293 e. The van der Waals surface area contributed by atoms with E-state index < -0.39 is 15.7 Å². The summed E-state index contributed by atoms with van der Waals surface area (Å²) in [6, 6.07) is 4.48. The molecule has 0 aliphatic carbocycles. The Hall–Kier alpha value is -1.14. The molecule has 94 valence electrons. The SMILES string of the molecule is CCS(=O)CCNc1c(Cl)cccc1[N+](=O)[O-]. The summed E-state index contributed by atoms with van der Waals surface area (Å²) in [5.41, 5.74) is 0.215. The van der Waals surface area contributed by atoms with E-state index >= 15 is 0 Å². The van der Waals surface area contributed by atoms with E-state index in [1.165, 1.54) is 12.1 Å². The molecule has 0 fully saturated rings. The van der Waals surface area contributed by atoms with E-state index in [2.05, 4.69) is 5.32 Å². The van der Waals surface area contributed by atoms with Crippen molar-refractivity contribution in [1.82, 2.24) is 0 Å². The van der Waals surface area contributed by atoms with E-state index in [9.17, 15) is 14.3 Å². The van der Waals surface area contributed by atoms with Gasteiger partial charge in [-0.1, -0.05) is 24.6 Å². The molecule has 0 spiro atoms. The van der Waals surface area contributed by atoms with E-state index in [1.54, 1.807) is 6.07 Å². The molecule has 1 rings (SSSR count). The zero-order valence-electron chi connectivity index (χ0n) is 9.31. The van der Waals surface area contributed by atoms with Gasteiger partial charge in [0, 0.05) is 34.9 Å². The number of rotatable bonds is 6. The molecule has 0 bridgehead atoms. The fourth-order valence-electron chi connectivity index (χ4n) is 1.27. The minimum Gasteiger partial charge on any atom is -0.377 e. The Kier molecular flexibility index (Phi) is 5.37. The van der Waals surface area contributed by atoms with Crippen LogP contribution in [0.15, 0.2) is 18.2 Å². The maximum absolute atomic E-state index is 11.2. The van der Waals surface area contributed by atoms with Crippen LogP contribution in [-0.4, -0.2) is 27.2 Å². The molecule has 7 heteroatoms. The maximum atomic E-state index is 11.2. The first kappa shape index (κ1) is 13.9. The number of nitrogens with one attached hydrogen (secondary N) is 1. The summed E-state index contributed by atoms with van der Waals surface area (Å²) < 4.78 is 11.2. The Balaban J connectivity index is 2.76. The molecule has 0 amide bonds. The number of nitro groups is 1. The van der Waals surface area contributed by atoms with Gasteiger partial charge in [0.25, 0.3) is 5.69 Å². The standard InChI is InChI=1S/C10H13ClN2O3S/c1-2-17(16)7-6-12-10-8(11)4-3-5-9(10)13(14)15/h3-5,12H,2,6-7H2,1H3. The van der Waals surface area contributed by atoms with Gasteiger partial charge < -0.3 is 5.32 Å². The Labute approximate surface area is 107 Å². The Morgan fingerprint density at radius 1 is 1.53 bits per heavy atom. The quantitative estimate of drug-likeness (QED) is 0.640. The fourth-order valence-corrected chi connectivity index (χ4v) is 2.13. The second-order valence-electron chi connectivity index (χ2n) is 3.25. The highest BCUT2D eigenvalue weighted by Crippen LogP contribution is 2.31. The average Bonchev–Trinajstić information content (AvgIpc) is 2.30. The van der Waals surface area contributed by atoms with Crippen LogP contribution in [0, 0.1) is 10.1 Å². The summed E-state index contributed by atoms with van der Waals surface area (Å²) in [5.74, 6) is 1.02. The Morgan fingerprint density at radius 3 is 2.82 bits per heavy atom. The van der Waals surface area contributed by atoms with Crippen molar-refractivity contribution in [1.29, 1.82) is 0 Å². The highest BCUT2D eigenvalue weighted by Gasteiger charge is 2.15. The zero-order chi connectivity index (χ0) is 12.8. The summed E-state index contributed by atoms with van der Waals surface area (Å²) in [6.07, 6.45) is 0. The monoisotopic (exact) mass is 276 g/mol. The van der Waals surface area contributed by atoms with Crippen molar-refractivity contribution in [2.24, 2.45) is 0 Å². The average molecular weight is 277 g/mol. The van der Waals surface area contributed by atoms with Crippen LogP contribution in [0.4, 0.5) is 11.4 Å². The normalized spacial score (nSPS) is 12.1. The van der Waals surface area contributed by atoms with E-state index in [-0.39, 0.29) is 11.4 Å². The molecule has 1 aromatic carbocycles. The lowest BCUT2D eigenvalue weighted by Gasteiger charge is -2.08. The molecule has 1 atom stereocenters. The number of nitrogens with zero attached hydrogens (tertiary/aromatic N) is 1. The van der Waals surface area contributed by atoms with Gasteiger partial charge in [-0.05, 0) is 6.07 Å². The van der Waals surface area contributed by atoms with Gasteiger partial charge >= 0.3 is 0 Å². The van der Waals surface area contributed by atoms with Crippen molar-refractivity contribution in [3.8, 4) is 0 Å². The van der Waals surface area contributed by atoms with Crippen LogP contribution in [0.2, 0.25) is 5.02 Å². The van der Waals surface area contributed by atoms with Crippen molar-refractivity contribution in [2.45, 2.75) is 6.92 Å². The van der Waals surface area contributed by atoms with Crippen LogP contribution in [0.1, 0.15) is 6.92 Å². The number of anilines is 1. The Bertz CT molecular complexity index is 440. The van der Waals surface area contributed by atoms with Crippen molar-refractivity contribution in [2.75, 3.05) is 23.4 Å². The molecule has 1 aromatic rings. The third kappa shape index (κ3) is 3.98. The second-order valence-corrected chi connectivity index (χ2v) is 5.52. The lowest BCUT2D eigenvalue weighted by atomic mass is 10.2. The first-order chi connectivity index (χ1) is 8.06. The van der Waals surface area contributed by atoms with E-state index in [0.717, 1.165) is 0 Å². The molecule has 1 N–H and O–H groups in total. The van der Waals surface area contributed by atoms with Crippen molar-refractivity contribution >= 4 is 33.8 Å². The van der Waals surface area contributed by atoms with Gasteiger partial charge in [0.15, 0.2) is 0 Å². The highest BCUT2D eigenvalue weighted by atomic mass is 35.5. The summed E-state index contributed by atoms with van der Waals surface area (Å²) >= 11 is 5.88. The van der Waals surface area contributed by atoms with Gasteiger partial charge in [-0.15, -0.1) is 0 Å².